The molecule has 0 bridgehead atoms. The number of esters is 1. The zero-order valence-corrected chi connectivity index (χ0v) is 18.7. The van der Waals surface area contributed by atoms with E-state index in [-0.39, 0.29) is 24.2 Å². The molecule has 1 amide bonds. The summed E-state index contributed by atoms with van der Waals surface area (Å²) in [7, 11) is 0. The number of alkyl halides is 2. The standard InChI is InChI=1S/C24H33F2NO5/c1-18(2)32-22(29)12-8-3-4-9-16-27-20(15-17-31-23(27)30)13-14-21(28)24(25,26)19-10-6-5-7-11-19/h5-7,10-11,13-14,18,20-21,28H,3-4,8-9,12,15-17H2,1-2H3/t20-,21+/m0/s1. The van der Waals surface area contributed by atoms with Crippen LogP contribution < -0.4 is 0 Å². The number of aliphatic hydroxyl groups excluding tert-OH is 1. The maximum absolute atomic E-state index is 14.5. The Morgan fingerprint density at radius 2 is 1.94 bits per heavy atom. The molecule has 1 heterocycles. The summed E-state index contributed by atoms with van der Waals surface area (Å²) < 4.78 is 39.2. The Morgan fingerprint density at radius 1 is 1.25 bits per heavy atom. The molecule has 2 rings (SSSR count). The van der Waals surface area contributed by atoms with Gasteiger partial charge in [-0.2, -0.15) is 8.78 Å². The second-order valence-electron chi connectivity index (χ2n) is 8.19. The van der Waals surface area contributed by atoms with Crippen LogP contribution in [0.2, 0.25) is 0 Å². The molecule has 178 valence electrons. The lowest BCUT2D eigenvalue weighted by Crippen LogP contribution is -2.45. The van der Waals surface area contributed by atoms with Gasteiger partial charge in [0.05, 0.1) is 18.8 Å². The summed E-state index contributed by atoms with van der Waals surface area (Å²) >= 11 is 0. The van der Waals surface area contributed by atoms with Crippen LogP contribution in [0.15, 0.2) is 42.5 Å². The van der Waals surface area contributed by atoms with E-state index in [9.17, 15) is 23.5 Å². The van der Waals surface area contributed by atoms with E-state index in [4.69, 9.17) is 9.47 Å². The van der Waals surface area contributed by atoms with Crippen LogP contribution in [0.5, 0.6) is 0 Å². The summed E-state index contributed by atoms with van der Waals surface area (Å²) in [6.07, 6.45) is 3.77. The van der Waals surface area contributed by atoms with Crippen molar-refractivity contribution < 1.29 is 33.0 Å². The minimum Gasteiger partial charge on any atom is -0.463 e. The number of ether oxygens (including phenoxy) is 2. The molecule has 1 fully saturated rings. The number of hydrogen-bond donors (Lipinski definition) is 1. The molecule has 6 nitrogen and oxygen atoms in total. The van der Waals surface area contributed by atoms with Crippen LogP contribution in [0, 0.1) is 0 Å². The molecule has 0 spiro atoms. The second-order valence-corrected chi connectivity index (χ2v) is 8.19. The molecule has 1 aromatic carbocycles. The second kappa shape index (κ2) is 12.5. The van der Waals surface area contributed by atoms with E-state index in [2.05, 4.69) is 0 Å². The number of hydrogen-bond acceptors (Lipinski definition) is 5. The first-order valence-electron chi connectivity index (χ1n) is 11.1. The average molecular weight is 454 g/mol. The van der Waals surface area contributed by atoms with Gasteiger partial charge in [0.1, 0.15) is 6.10 Å². The van der Waals surface area contributed by atoms with Crippen molar-refractivity contribution in [1.82, 2.24) is 4.90 Å². The molecule has 0 aliphatic carbocycles. The van der Waals surface area contributed by atoms with E-state index < -0.39 is 24.2 Å². The monoisotopic (exact) mass is 453 g/mol. The fourth-order valence-corrected chi connectivity index (χ4v) is 3.51. The summed E-state index contributed by atoms with van der Waals surface area (Å²) in [5, 5.41) is 10.1. The summed E-state index contributed by atoms with van der Waals surface area (Å²) in [4.78, 5) is 25.2. The van der Waals surface area contributed by atoms with Crippen LogP contribution >= 0.6 is 0 Å². The summed E-state index contributed by atoms with van der Waals surface area (Å²) in [5.41, 5.74) is -0.269. The first-order chi connectivity index (χ1) is 15.2. The third kappa shape index (κ3) is 7.89. The van der Waals surface area contributed by atoms with Crippen molar-refractivity contribution in [3.63, 3.8) is 0 Å². The van der Waals surface area contributed by atoms with Crippen LogP contribution in [0.4, 0.5) is 13.6 Å². The number of benzene rings is 1. The van der Waals surface area contributed by atoms with Gasteiger partial charge in [0, 0.05) is 24.9 Å². The van der Waals surface area contributed by atoms with Gasteiger partial charge in [0.25, 0.3) is 0 Å². The van der Waals surface area contributed by atoms with E-state index in [0.717, 1.165) is 18.9 Å². The van der Waals surface area contributed by atoms with Crippen molar-refractivity contribution in [2.24, 2.45) is 0 Å². The number of aliphatic hydroxyl groups is 1. The summed E-state index contributed by atoms with van der Waals surface area (Å²) in [6, 6.07) is 6.73. The highest BCUT2D eigenvalue weighted by atomic mass is 19.3. The fraction of sp³-hybridized carbons (Fsp3) is 0.583. The third-order valence-electron chi connectivity index (χ3n) is 5.22. The predicted molar refractivity (Wildman–Crippen MR) is 116 cm³/mol. The van der Waals surface area contributed by atoms with Crippen LogP contribution in [0.3, 0.4) is 0 Å². The molecule has 2 atom stereocenters. The number of amides is 1. The van der Waals surface area contributed by atoms with Crippen molar-refractivity contribution >= 4 is 12.1 Å². The number of unbranched alkanes of at least 4 members (excludes halogenated alkanes) is 3. The highest BCUT2D eigenvalue weighted by Crippen LogP contribution is 2.32. The quantitative estimate of drug-likeness (QED) is 0.279. The zero-order chi connectivity index (χ0) is 23.6. The van der Waals surface area contributed by atoms with Crippen LogP contribution in [-0.4, -0.2) is 53.5 Å². The van der Waals surface area contributed by atoms with Gasteiger partial charge in [0.2, 0.25) is 0 Å². The van der Waals surface area contributed by atoms with Gasteiger partial charge in [-0.15, -0.1) is 0 Å². The largest absolute Gasteiger partial charge is 0.463 e. The minimum absolute atomic E-state index is 0.122. The number of cyclic esters (lactones) is 1. The van der Waals surface area contributed by atoms with Crippen molar-refractivity contribution in [3.05, 3.63) is 48.0 Å². The lowest BCUT2D eigenvalue weighted by atomic mass is 10.0. The first kappa shape index (κ1) is 25.8. The number of carbonyl (C=O) groups is 2. The number of nitrogens with zero attached hydrogens (tertiary/aromatic N) is 1. The fourth-order valence-electron chi connectivity index (χ4n) is 3.51. The molecule has 0 aromatic heterocycles. The number of carbonyl (C=O) groups excluding carboxylic acids is 2. The molecule has 1 N–H and O–H groups in total. The first-order valence-corrected chi connectivity index (χ1v) is 11.1. The molecule has 0 unspecified atom stereocenters. The van der Waals surface area contributed by atoms with Crippen LogP contribution in [-0.2, 0) is 20.2 Å². The third-order valence-corrected chi connectivity index (χ3v) is 5.22. The van der Waals surface area contributed by atoms with Gasteiger partial charge in [-0.25, -0.2) is 4.79 Å². The molecule has 0 radical (unpaired) electrons. The van der Waals surface area contributed by atoms with Crippen molar-refractivity contribution in [2.45, 2.75) is 76.5 Å². The van der Waals surface area contributed by atoms with Gasteiger partial charge < -0.3 is 19.5 Å². The lowest BCUT2D eigenvalue weighted by Gasteiger charge is -2.33. The summed E-state index contributed by atoms with van der Waals surface area (Å²) in [6.45, 7) is 4.23. The van der Waals surface area contributed by atoms with Crippen molar-refractivity contribution in [3.8, 4) is 0 Å². The molecule has 1 saturated heterocycles. The van der Waals surface area contributed by atoms with Gasteiger partial charge in [-0.1, -0.05) is 55.3 Å². The zero-order valence-electron chi connectivity index (χ0n) is 18.7. The van der Waals surface area contributed by atoms with Crippen LogP contribution in [0.1, 0.15) is 57.9 Å². The van der Waals surface area contributed by atoms with Crippen molar-refractivity contribution in [1.29, 1.82) is 0 Å². The Morgan fingerprint density at radius 3 is 2.62 bits per heavy atom. The van der Waals surface area contributed by atoms with E-state index in [1.54, 1.807) is 6.07 Å². The molecule has 32 heavy (non-hydrogen) atoms. The Labute approximate surface area is 188 Å². The number of halogens is 2. The predicted octanol–water partition coefficient (Wildman–Crippen LogP) is 4.81. The minimum atomic E-state index is -3.44. The average Bonchev–Trinajstić information content (AvgIpc) is 2.75. The van der Waals surface area contributed by atoms with Crippen LogP contribution in [0.25, 0.3) is 0 Å². The molecule has 1 aliphatic heterocycles. The summed E-state index contributed by atoms with van der Waals surface area (Å²) in [5.74, 6) is -3.65. The molecule has 1 aliphatic rings. The maximum atomic E-state index is 14.5. The Kier molecular flexibility index (Phi) is 10.1. The highest BCUT2D eigenvalue weighted by molar-refractivity contribution is 5.69. The van der Waals surface area contributed by atoms with E-state index in [1.807, 2.05) is 13.8 Å². The SMILES string of the molecule is CC(C)OC(=O)CCCCCCN1C(=O)OCC[C@@H]1C=C[C@@H](O)C(F)(F)c1ccccc1. The Balaban J connectivity index is 1.83. The Bertz CT molecular complexity index is 754. The molecule has 1 aromatic rings. The van der Waals surface area contributed by atoms with E-state index >= 15 is 0 Å². The topological polar surface area (TPSA) is 76.1 Å². The normalized spacial score (nSPS) is 18.1. The smallest absolute Gasteiger partial charge is 0.410 e. The maximum Gasteiger partial charge on any atom is 0.410 e. The van der Waals surface area contributed by atoms with Gasteiger partial charge in [-0.3, -0.25) is 4.79 Å². The number of rotatable bonds is 12. The molecule has 0 saturated carbocycles. The highest BCUT2D eigenvalue weighted by Gasteiger charge is 2.39. The Hall–Kier alpha value is -2.48. The van der Waals surface area contributed by atoms with Gasteiger partial charge in [0.15, 0.2) is 0 Å². The lowest BCUT2D eigenvalue weighted by molar-refractivity contribution is -0.147. The van der Waals surface area contributed by atoms with Crippen molar-refractivity contribution in [2.75, 3.05) is 13.2 Å². The van der Waals surface area contributed by atoms with Gasteiger partial charge in [-0.05, 0) is 26.7 Å². The molecule has 8 heteroatoms. The van der Waals surface area contributed by atoms with E-state index in [0.29, 0.717) is 32.2 Å². The molecular formula is C24H33F2NO5. The van der Waals surface area contributed by atoms with E-state index in [1.165, 1.54) is 35.2 Å². The van der Waals surface area contributed by atoms with Gasteiger partial charge >= 0.3 is 18.0 Å². The molecular weight excluding hydrogens is 420 g/mol.